The molecule has 0 spiro atoms. The van der Waals surface area contributed by atoms with E-state index in [1.807, 2.05) is 11.3 Å². The zero-order valence-corrected chi connectivity index (χ0v) is 22.6. The molecule has 8 rings (SSSR count). The quantitative estimate of drug-likeness (QED) is 0.220. The van der Waals surface area contributed by atoms with E-state index in [4.69, 9.17) is 0 Å². The maximum absolute atomic E-state index is 2.44. The van der Waals surface area contributed by atoms with Crippen molar-refractivity contribution >= 4 is 70.1 Å². The van der Waals surface area contributed by atoms with E-state index >= 15 is 0 Å². The summed E-state index contributed by atoms with van der Waals surface area (Å²) in [7, 11) is 0. The van der Waals surface area contributed by atoms with Crippen LogP contribution in [0.1, 0.15) is 0 Å². The molecule has 0 aliphatic heterocycles. The molecule has 1 nitrogen and oxygen atoms in total. The Kier molecular flexibility index (Phi) is 5.39. The van der Waals surface area contributed by atoms with E-state index in [-0.39, 0.29) is 0 Å². The number of rotatable bonds is 4. The van der Waals surface area contributed by atoms with Crippen molar-refractivity contribution in [2.45, 2.75) is 0 Å². The van der Waals surface area contributed by atoms with Crippen molar-refractivity contribution in [3.63, 3.8) is 0 Å². The molecule has 2 heteroatoms. The summed E-state index contributed by atoms with van der Waals surface area (Å²) in [4.78, 5) is 2.44. The van der Waals surface area contributed by atoms with Crippen molar-refractivity contribution in [2.24, 2.45) is 0 Å². The third-order valence-corrected chi connectivity index (χ3v) is 9.03. The van der Waals surface area contributed by atoms with Gasteiger partial charge in [-0.05, 0) is 58.3 Å². The SMILES string of the molecule is c1ccc(-c2cc3c(sc4cccc(N(c5ccccc5)c5cccc6ccccc56)c43)c3ccccc23)cc1. The minimum absolute atomic E-state index is 1.15. The van der Waals surface area contributed by atoms with Gasteiger partial charge < -0.3 is 4.90 Å². The summed E-state index contributed by atoms with van der Waals surface area (Å²) in [5, 5.41) is 7.67. The molecule has 1 heterocycles. The Labute approximate surface area is 237 Å². The van der Waals surface area contributed by atoms with Crippen LogP contribution in [0.15, 0.2) is 152 Å². The Morgan fingerprint density at radius 2 is 1.07 bits per heavy atom. The standard InChI is InChI=1S/C38H25NS/c1-3-13-27(14-4-1)32-25-33-37-35(23-12-24-36(37)40-38(33)31-21-10-9-20-30(31)32)39(28-17-5-2-6-18-28)34-22-11-16-26-15-7-8-19-29(26)34/h1-25H. The summed E-state index contributed by atoms with van der Waals surface area (Å²) >= 11 is 1.89. The fraction of sp³-hybridized carbons (Fsp3) is 0. The van der Waals surface area contributed by atoms with E-state index in [0.29, 0.717) is 0 Å². The van der Waals surface area contributed by atoms with E-state index in [9.17, 15) is 0 Å². The minimum atomic E-state index is 1.15. The highest BCUT2D eigenvalue weighted by Gasteiger charge is 2.21. The van der Waals surface area contributed by atoms with Crippen LogP contribution in [-0.4, -0.2) is 0 Å². The fourth-order valence-corrected chi connectivity index (χ4v) is 7.30. The lowest BCUT2D eigenvalue weighted by molar-refractivity contribution is 1.32. The van der Waals surface area contributed by atoms with Gasteiger partial charge in [0.25, 0.3) is 0 Å². The summed E-state index contributed by atoms with van der Waals surface area (Å²) in [6.45, 7) is 0. The van der Waals surface area contributed by atoms with Gasteiger partial charge in [-0.15, -0.1) is 11.3 Å². The number of anilines is 3. The molecule has 1 aromatic heterocycles. The molecular weight excluding hydrogens is 502 g/mol. The van der Waals surface area contributed by atoms with Gasteiger partial charge in [-0.25, -0.2) is 0 Å². The Morgan fingerprint density at radius 3 is 1.90 bits per heavy atom. The molecule has 0 aliphatic rings. The van der Waals surface area contributed by atoms with Crippen LogP contribution in [-0.2, 0) is 0 Å². The van der Waals surface area contributed by atoms with Crippen molar-refractivity contribution in [1.82, 2.24) is 0 Å². The van der Waals surface area contributed by atoms with Gasteiger partial charge in [0.15, 0.2) is 0 Å². The van der Waals surface area contributed by atoms with Crippen molar-refractivity contribution in [1.29, 1.82) is 0 Å². The molecule has 40 heavy (non-hydrogen) atoms. The van der Waals surface area contributed by atoms with Crippen LogP contribution < -0.4 is 4.90 Å². The number of para-hydroxylation sites is 1. The summed E-state index contributed by atoms with van der Waals surface area (Å²) < 4.78 is 2.63. The van der Waals surface area contributed by atoms with Gasteiger partial charge in [-0.3, -0.25) is 0 Å². The normalized spacial score (nSPS) is 11.5. The molecule has 188 valence electrons. The molecule has 0 atom stereocenters. The Bertz CT molecular complexity index is 2150. The van der Waals surface area contributed by atoms with Crippen LogP contribution >= 0.6 is 11.3 Å². The lowest BCUT2D eigenvalue weighted by Gasteiger charge is -2.27. The van der Waals surface area contributed by atoms with Gasteiger partial charge in [0.05, 0.1) is 11.4 Å². The van der Waals surface area contributed by atoms with Crippen LogP contribution in [0, 0.1) is 0 Å². The van der Waals surface area contributed by atoms with Crippen LogP contribution in [0.2, 0.25) is 0 Å². The second kappa shape index (κ2) is 9.37. The van der Waals surface area contributed by atoms with Crippen LogP contribution in [0.25, 0.3) is 52.8 Å². The zero-order valence-electron chi connectivity index (χ0n) is 21.8. The van der Waals surface area contributed by atoms with Gasteiger partial charge in [0, 0.05) is 36.6 Å². The number of hydrogen-bond acceptors (Lipinski definition) is 2. The zero-order chi connectivity index (χ0) is 26.5. The molecule has 0 saturated carbocycles. The smallest absolute Gasteiger partial charge is 0.0555 e. The lowest BCUT2D eigenvalue weighted by atomic mass is 9.95. The lowest BCUT2D eigenvalue weighted by Crippen LogP contribution is -2.10. The predicted molar refractivity (Wildman–Crippen MR) is 174 cm³/mol. The summed E-state index contributed by atoms with van der Waals surface area (Å²) in [6, 6.07) is 54.8. The first kappa shape index (κ1) is 23.0. The first-order valence-electron chi connectivity index (χ1n) is 13.6. The molecular formula is C38H25NS. The monoisotopic (exact) mass is 527 g/mol. The van der Waals surface area contributed by atoms with E-state index < -0.39 is 0 Å². The van der Waals surface area contributed by atoms with E-state index in [2.05, 4.69) is 157 Å². The molecule has 0 fully saturated rings. The van der Waals surface area contributed by atoms with Crippen LogP contribution in [0.4, 0.5) is 17.1 Å². The first-order valence-corrected chi connectivity index (χ1v) is 14.4. The Balaban J connectivity index is 1.50. The van der Waals surface area contributed by atoms with Gasteiger partial charge in [-0.2, -0.15) is 0 Å². The number of thiophene rings is 1. The van der Waals surface area contributed by atoms with Gasteiger partial charge >= 0.3 is 0 Å². The second-order valence-electron chi connectivity index (χ2n) is 10.1. The first-order chi connectivity index (χ1) is 19.9. The minimum Gasteiger partial charge on any atom is -0.309 e. The predicted octanol–water partition coefficient (Wildman–Crippen LogP) is 11.5. The third-order valence-electron chi connectivity index (χ3n) is 7.83. The Morgan fingerprint density at radius 1 is 0.450 bits per heavy atom. The highest BCUT2D eigenvalue weighted by molar-refractivity contribution is 7.26. The average molecular weight is 528 g/mol. The number of benzene rings is 7. The summed E-state index contributed by atoms with van der Waals surface area (Å²) in [6.07, 6.45) is 0. The maximum atomic E-state index is 2.44. The topological polar surface area (TPSA) is 3.24 Å². The molecule has 0 saturated heterocycles. The highest BCUT2D eigenvalue weighted by atomic mass is 32.1. The number of hydrogen-bond donors (Lipinski definition) is 0. The maximum Gasteiger partial charge on any atom is 0.0555 e. The second-order valence-corrected chi connectivity index (χ2v) is 11.2. The third kappa shape index (κ3) is 3.61. The van der Waals surface area contributed by atoms with Crippen LogP contribution in [0.3, 0.4) is 0 Å². The van der Waals surface area contributed by atoms with E-state index in [1.54, 1.807) is 0 Å². The molecule has 0 unspecified atom stereocenters. The van der Waals surface area contributed by atoms with Crippen molar-refractivity contribution in [3.05, 3.63) is 152 Å². The molecule has 0 amide bonds. The fourth-order valence-electron chi connectivity index (χ4n) is 6.06. The molecule has 0 aliphatic carbocycles. The molecule has 7 aromatic carbocycles. The molecule has 0 bridgehead atoms. The molecule has 0 N–H and O–H groups in total. The van der Waals surface area contributed by atoms with Gasteiger partial charge in [-0.1, -0.05) is 115 Å². The van der Waals surface area contributed by atoms with Crippen molar-refractivity contribution in [3.8, 4) is 11.1 Å². The van der Waals surface area contributed by atoms with E-state index in [0.717, 1.165) is 5.69 Å². The average Bonchev–Trinajstić information content (AvgIpc) is 3.42. The highest BCUT2D eigenvalue weighted by Crippen LogP contribution is 2.49. The van der Waals surface area contributed by atoms with Crippen molar-refractivity contribution in [2.75, 3.05) is 4.90 Å². The number of nitrogens with zero attached hydrogens (tertiary/aromatic N) is 1. The number of fused-ring (bicyclic) bond motifs is 6. The van der Waals surface area contributed by atoms with Gasteiger partial charge in [0.2, 0.25) is 0 Å². The summed E-state index contributed by atoms with van der Waals surface area (Å²) in [5.41, 5.74) is 6.04. The van der Waals surface area contributed by atoms with Gasteiger partial charge in [0.1, 0.15) is 0 Å². The van der Waals surface area contributed by atoms with Crippen LogP contribution in [0.5, 0.6) is 0 Å². The molecule has 0 radical (unpaired) electrons. The van der Waals surface area contributed by atoms with E-state index in [1.165, 1.54) is 64.2 Å². The summed E-state index contributed by atoms with van der Waals surface area (Å²) in [5.74, 6) is 0. The van der Waals surface area contributed by atoms with Crippen molar-refractivity contribution < 1.29 is 0 Å². The Hall–Kier alpha value is -4.92. The molecule has 8 aromatic rings. The largest absolute Gasteiger partial charge is 0.309 e.